The van der Waals surface area contributed by atoms with Crippen LogP contribution in [-0.4, -0.2) is 16.8 Å². The summed E-state index contributed by atoms with van der Waals surface area (Å²) in [5, 5.41) is 9.25. The molecule has 0 atom stereocenters. The van der Waals surface area contributed by atoms with Crippen LogP contribution in [0.4, 0.5) is 0 Å². The number of thioether (sulfide) groups is 1. The van der Waals surface area contributed by atoms with Crippen LogP contribution in [0.1, 0.15) is 16.1 Å². The molecule has 1 aromatic heterocycles. The Balaban J connectivity index is 1.89. The van der Waals surface area contributed by atoms with Crippen molar-refractivity contribution in [2.24, 2.45) is 0 Å². The molecular formula is C14H10O3S. The Hall–Kier alpha value is -2.12. The van der Waals surface area contributed by atoms with Crippen molar-refractivity contribution in [2.75, 3.05) is 5.75 Å². The molecule has 0 bridgehead atoms. The second-order valence-corrected chi connectivity index (χ2v) is 4.36. The van der Waals surface area contributed by atoms with Gasteiger partial charge in [0, 0.05) is 5.56 Å². The molecule has 1 aromatic carbocycles. The summed E-state index contributed by atoms with van der Waals surface area (Å²) in [5.41, 5.74) is 0.962. The zero-order valence-electron chi connectivity index (χ0n) is 9.42. The predicted molar refractivity (Wildman–Crippen MR) is 69.7 cm³/mol. The van der Waals surface area contributed by atoms with Gasteiger partial charge in [-0.25, -0.2) is 4.79 Å². The first-order chi connectivity index (χ1) is 8.75. The van der Waals surface area contributed by atoms with Crippen molar-refractivity contribution in [1.82, 2.24) is 0 Å². The van der Waals surface area contributed by atoms with E-state index in [0.717, 1.165) is 5.56 Å². The fourth-order valence-electron chi connectivity index (χ4n) is 1.28. The third-order valence-corrected chi connectivity index (χ3v) is 2.88. The lowest BCUT2D eigenvalue weighted by Gasteiger charge is -1.90. The highest BCUT2D eigenvalue weighted by molar-refractivity contribution is 7.99. The standard InChI is InChI=1S/C14H10O3S/c15-14(16)12-8-9-13(17-12)18-10-4-7-11-5-2-1-3-6-11/h1-3,5-6,8-9H,10H2,(H,15,16). The zero-order chi connectivity index (χ0) is 12.8. The normalized spacial score (nSPS) is 9.56. The molecule has 2 rings (SSSR count). The summed E-state index contributed by atoms with van der Waals surface area (Å²) in [6.45, 7) is 0. The highest BCUT2D eigenvalue weighted by Gasteiger charge is 2.08. The first kappa shape index (κ1) is 12.3. The van der Waals surface area contributed by atoms with Crippen LogP contribution in [0.2, 0.25) is 0 Å². The van der Waals surface area contributed by atoms with E-state index in [1.54, 1.807) is 6.07 Å². The monoisotopic (exact) mass is 258 g/mol. The molecule has 0 saturated heterocycles. The summed E-state index contributed by atoms with van der Waals surface area (Å²) < 4.78 is 5.09. The van der Waals surface area contributed by atoms with Gasteiger partial charge in [0.15, 0.2) is 5.09 Å². The molecule has 0 aliphatic carbocycles. The summed E-state index contributed by atoms with van der Waals surface area (Å²) in [6, 6.07) is 12.8. The first-order valence-electron chi connectivity index (χ1n) is 5.25. The number of carboxylic acids is 1. The summed E-state index contributed by atoms with van der Waals surface area (Å²) in [6.07, 6.45) is 0. The van der Waals surface area contributed by atoms with Gasteiger partial charge in [-0.2, -0.15) is 0 Å². The molecule has 0 fully saturated rings. The number of aromatic carboxylic acids is 1. The van der Waals surface area contributed by atoms with E-state index in [1.165, 1.54) is 17.8 Å². The average molecular weight is 258 g/mol. The van der Waals surface area contributed by atoms with Gasteiger partial charge in [0.25, 0.3) is 0 Å². The van der Waals surface area contributed by atoms with Crippen molar-refractivity contribution < 1.29 is 14.3 Å². The van der Waals surface area contributed by atoms with Crippen molar-refractivity contribution in [3.63, 3.8) is 0 Å². The van der Waals surface area contributed by atoms with Crippen LogP contribution in [0, 0.1) is 11.8 Å². The summed E-state index contributed by atoms with van der Waals surface area (Å²) in [5.74, 6) is 5.46. The second kappa shape index (κ2) is 5.99. The molecule has 90 valence electrons. The summed E-state index contributed by atoms with van der Waals surface area (Å²) >= 11 is 1.37. The van der Waals surface area contributed by atoms with E-state index in [2.05, 4.69) is 11.8 Å². The van der Waals surface area contributed by atoms with Gasteiger partial charge in [-0.1, -0.05) is 41.8 Å². The third kappa shape index (κ3) is 3.44. The van der Waals surface area contributed by atoms with Crippen LogP contribution >= 0.6 is 11.8 Å². The van der Waals surface area contributed by atoms with E-state index in [1.807, 2.05) is 30.3 Å². The molecule has 0 radical (unpaired) electrons. The van der Waals surface area contributed by atoms with E-state index >= 15 is 0 Å². The molecule has 1 heterocycles. The molecule has 2 aromatic rings. The first-order valence-corrected chi connectivity index (χ1v) is 6.24. The topological polar surface area (TPSA) is 50.4 Å². The predicted octanol–water partition coefficient (Wildman–Crippen LogP) is 3.12. The Morgan fingerprint density at radius 1 is 1.22 bits per heavy atom. The number of carbonyl (C=O) groups is 1. The number of carboxylic acid groups (broad SMARTS) is 1. The summed E-state index contributed by atoms with van der Waals surface area (Å²) in [7, 11) is 0. The van der Waals surface area contributed by atoms with Gasteiger partial charge in [-0.15, -0.1) is 0 Å². The number of furan rings is 1. The van der Waals surface area contributed by atoms with Gasteiger partial charge in [-0.05, 0) is 24.3 Å². The zero-order valence-corrected chi connectivity index (χ0v) is 10.2. The molecule has 0 unspecified atom stereocenters. The van der Waals surface area contributed by atoms with Gasteiger partial charge in [0.05, 0.1) is 5.75 Å². The maximum absolute atomic E-state index is 10.6. The minimum atomic E-state index is -1.06. The van der Waals surface area contributed by atoms with Crippen LogP contribution in [-0.2, 0) is 0 Å². The van der Waals surface area contributed by atoms with Gasteiger partial charge >= 0.3 is 5.97 Å². The molecule has 4 heteroatoms. The van der Waals surface area contributed by atoms with E-state index in [9.17, 15) is 4.79 Å². The third-order valence-electron chi connectivity index (χ3n) is 2.09. The van der Waals surface area contributed by atoms with Crippen LogP contribution in [0.15, 0.2) is 52.0 Å². The molecule has 0 spiro atoms. The second-order valence-electron chi connectivity index (χ2n) is 3.38. The average Bonchev–Trinajstić information content (AvgIpc) is 2.85. The molecular weight excluding hydrogens is 248 g/mol. The Labute approximate surface area is 109 Å². The minimum Gasteiger partial charge on any atom is -0.475 e. The van der Waals surface area contributed by atoms with Crippen molar-refractivity contribution in [3.8, 4) is 11.8 Å². The molecule has 18 heavy (non-hydrogen) atoms. The molecule has 0 aliphatic heterocycles. The van der Waals surface area contributed by atoms with Crippen molar-refractivity contribution in [3.05, 3.63) is 53.8 Å². The van der Waals surface area contributed by atoms with E-state index < -0.39 is 5.97 Å². The van der Waals surface area contributed by atoms with Crippen LogP contribution in [0.3, 0.4) is 0 Å². The van der Waals surface area contributed by atoms with Gasteiger partial charge < -0.3 is 9.52 Å². The number of hydrogen-bond donors (Lipinski definition) is 1. The molecule has 0 aliphatic rings. The van der Waals surface area contributed by atoms with E-state index in [0.29, 0.717) is 10.8 Å². The lowest BCUT2D eigenvalue weighted by Crippen LogP contribution is -1.91. The van der Waals surface area contributed by atoms with Crippen LogP contribution in [0.25, 0.3) is 0 Å². The van der Waals surface area contributed by atoms with Crippen LogP contribution in [0.5, 0.6) is 0 Å². The van der Waals surface area contributed by atoms with E-state index in [4.69, 9.17) is 9.52 Å². The lowest BCUT2D eigenvalue weighted by molar-refractivity contribution is 0.0656. The smallest absolute Gasteiger partial charge is 0.371 e. The molecule has 1 N–H and O–H groups in total. The lowest BCUT2D eigenvalue weighted by atomic mass is 10.2. The number of rotatable bonds is 3. The van der Waals surface area contributed by atoms with Gasteiger partial charge in [0.2, 0.25) is 5.76 Å². The molecule has 0 saturated carbocycles. The van der Waals surface area contributed by atoms with Gasteiger partial charge in [0.1, 0.15) is 0 Å². The largest absolute Gasteiger partial charge is 0.475 e. The van der Waals surface area contributed by atoms with Gasteiger partial charge in [-0.3, -0.25) is 0 Å². The summed E-state index contributed by atoms with van der Waals surface area (Å²) in [4.78, 5) is 10.6. The number of benzene rings is 1. The Bertz CT molecular complexity index is 590. The molecule has 0 amide bonds. The van der Waals surface area contributed by atoms with Crippen molar-refractivity contribution >= 4 is 17.7 Å². The van der Waals surface area contributed by atoms with Crippen molar-refractivity contribution in [2.45, 2.75) is 5.09 Å². The highest BCUT2D eigenvalue weighted by Crippen LogP contribution is 2.20. The SMILES string of the molecule is O=C(O)c1ccc(SCC#Cc2ccccc2)o1. The quantitative estimate of drug-likeness (QED) is 0.679. The Morgan fingerprint density at radius 3 is 2.67 bits per heavy atom. The maximum Gasteiger partial charge on any atom is 0.371 e. The minimum absolute atomic E-state index is 0.0477. The Kier molecular flexibility index (Phi) is 4.11. The van der Waals surface area contributed by atoms with Crippen molar-refractivity contribution in [1.29, 1.82) is 0 Å². The number of hydrogen-bond acceptors (Lipinski definition) is 3. The fourth-order valence-corrected chi connectivity index (χ4v) is 1.88. The maximum atomic E-state index is 10.6. The van der Waals surface area contributed by atoms with E-state index in [-0.39, 0.29) is 5.76 Å². The van der Waals surface area contributed by atoms with Crippen LogP contribution < -0.4 is 0 Å². The fraction of sp³-hybridized carbons (Fsp3) is 0.0714. The molecule has 3 nitrogen and oxygen atoms in total. The highest BCUT2D eigenvalue weighted by atomic mass is 32.2. The Morgan fingerprint density at radius 2 is 2.00 bits per heavy atom.